The fraction of sp³-hybridized carbons (Fsp3) is 0.118. The zero-order chi connectivity index (χ0) is 17.3. The number of halogens is 1. The van der Waals surface area contributed by atoms with Gasteiger partial charge in [-0.05, 0) is 36.8 Å². The molecule has 1 unspecified atom stereocenters. The molecule has 0 bridgehead atoms. The van der Waals surface area contributed by atoms with Crippen LogP contribution in [-0.4, -0.2) is 22.3 Å². The number of carbonyl (C=O) groups excluding carboxylic acids is 1. The molecule has 3 rings (SSSR count). The molecule has 2 heterocycles. The minimum absolute atomic E-state index is 0.204. The lowest BCUT2D eigenvalue weighted by Crippen LogP contribution is -2.28. The number of nitrogens with one attached hydrogen (secondary N) is 2. The minimum atomic E-state index is -0.645. The van der Waals surface area contributed by atoms with Crippen LogP contribution in [0.2, 0.25) is 0 Å². The minimum Gasteiger partial charge on any atom is -0.336 e. The summed E-state index contributed by atoms with van der Waals surface area (Å²) in [5.74, 6) is 0.249. The van der Waals surface area contributed by atoms with E-state index in [1.54, 1.807) is 30.5 Å². The van der Waals surface area contributed by atoms with Crippen LogP contribution in [0.3, 0.4) is 0 Å². The lowest BCUT2D eigenvalue weighted by atomic mass is 10.1. The van der Waals surface area contributed by atoms with Crippen molar-refractivity contribution in [1.29, 1.82) is 0 Å². The molecule has 2 aromatic rings. The first-order valence-electron chi connectivity index (χ1n) is 7.24. The third-order valence-corrected chi connectivity index (χ3v) is 3.83. The van der Waals surface area contributed by atoms with Crippen LogP contribution >= 0.6 is 11.6 Å². The van der Waals surface area contributed by atoms with E-state index in [0.717, 1.165) is 11.1 Å². The van der Waals surface area contributed by atoms with Gasteiger partial charge in [-0.25, -0.2) is 0 Å². The Morgan fingerprint density at radius 1 is 1.46 bits per heavy atom. The van der Waals surface area contributed by atoms with Crippen LogP contribution in [0, 0.1) is 6.92 Å². The summed E-state index contributed by atoms with van der Waals surface area (Å²) >= 11 is 6.03. The van der Waals surface area contributed by atoms with Gasteiger partial charge in [-0.3, -0.25) is 19.1 Å². The molecular weight excluding hydrogens is 328 g/mol. The zero-order valence-corrected chi connectivity index (χ0v) is 13.7. The summed E-state index contributed by atoms with van der Waals surface area (Å²) in [6, 6.07) is 8.50. The van der Waals surface area contributed by atoms with Gasteiger partial charge >= 0.3 is 0 Å². The highest BCUT2D eigenvalue weighted by Crippen LogP contribution is 2.25. The quantitative estimate of drug-likeness (QED) is 0.511. The van der Waals surface area contributed by atoms with Gasteiger partial charge in [-0.1, -0.05) is 24.2 Å². The maximum Gasteiger partial charge on any atom is 0.256 e. The van der Waals surface area contributed by atoms with E-state index < -0.39 is 5.62 Å². The number of fused-ring (bicyclic) bond motifs is 1. The van der Waals surface area contributed by atoms with Crippen molar-refractivity contribution >= 4 is 35.2 Å². The normalized spacial score (nSPS) is 15.3. The number of rotatable bonds is 3. The van der Waals surface area contributed by atoms with Gasteiger partial charge in [0.1, 0.15) is 5.82 Å². The highest BCUT2D eigenvalue weighted by Gasteiger charge is 2.19. The number of amides is 1. The highest BCUT2D eigenvalue weighted by atomic mass is 35.5. The maximum atomic E-state index is 12.5. The van der Waals surface area contributed by atoms with Gasteiger partial charge in [0.25, 0.3) is 5.56 Å². The number of carbonyl (C=O) groups is 1. The Morgan fingerprint density at radius 3 is 3.00 bits per heavy atom. The number of anilines is 2. The van der Waals surface area contributed by atoms with Crippen molar-refractivity contribution in [3.05, 3.63) is 64.5 Å². The standard InChI is InChI=1S/C17H15ClN4O2/c1-3-14(23)20-11-5-4-6-12(8-11)22-15(24)7-10(2)13-9-19-17(18)21-16(13)22/h3-9,17,21H,1H2,2H3,(H,20,23). The number of aliphatic imine (C=N–C) groups is 1. The first-order chi connectivity index (χ1) is 11.5. The van der Waals surface area contributed by atoms with E-state index in [1.165, 1.54) is 16.7 Å². The van der Waals surface area contributed by atoms with Gasteiger partial charge in [0.2, 0.25) is 5.91 Å². The number of aromatic nitrogens is 1. The molecule has 1 aliphatic heterocycles. The van der Waals surface area contributed by atoms with Gasteiger partial charge in [0.05, 0.1) is 5.69 Å². The highest BCUT2D eigenvalue weighted by molar-refractivity contribution is 6.22. The summed E-state index contributed by atoms with van der Waals surface area (Å²) in [5.41, 5.74) is 1.92. The molecule has 1 aromatic heterocycles. The van der Waals surface area contributed by atoms with Crippen LogP contribution < -0.4 is 16.2 Å². The van der Waals surface area contributed by atoms with Crippen molar-refractivity contribution in [3.63, 3.8) is 0 Å². The molecule has 0 radical (unpaired) electrons. The molecule has 0 spiro atoms. The molecule has 122 valence electrons. The predicted octanol–water partition coefficient (Wildman–Crippen LogP) is 2.64. The second-order valence-corrected chi connectivity index (χ2v) is 5.68. The maximum absolute atomic E-state index is 12.5. The van der Waals surface area contributed by atoms with Crippen LogP contribution in [0.15, 0.2) is 52.8 Å². The van der Waals surface area contributed by atoms with Crippen molar-refractivity contribution in [2.24, 2.45) is 4.99 Å². The van der Waals surface area contributed by atoms with E-state index in [9.17, 15) is 9.59 Å². The number of hydrogen-bond donors (Lipinski definition) is 2. The van der Waals surface area contributed by atoms with Gasteiger partial charge in [-0.15, -0.1) is 0 Å². The monoisotopic (exact) mass is 342 g/mol. The topological polar surface area (TPSA) is 75.5 Å². The van der Waals surface area contributed by atoms with Crippen molar-refractivity contribution in [1.82, 2.24) is 4.57 Å². The Labute approximate surface area is 143 Å². The number of nitrogens with zero attached hydrogens (tertiary/aromatic N) is 2. The molecule has 7 heteroatoms. The second-order valence-electron chi connectivity index (χ2n) is 5.27. The van der Waals surface area contributed by atoms with Crippen molar-refractivity contribution in [2.75, 3.05) is 10.6 Å². The molecule has 1 aliphatic rings. The number of alkyl halides is 1. The van der Waals surface area contributed by atoms with E-state index in [-0.39, 0.29) is 11.5 Å². The summed E-state index contributed by atoms with van der Waals surface area (Å²) in [6.45, 7) is 5.26. The number of hydrogen-bond acceptors (Lipinski definition) is 4. The Balaban J connectivity index is 2.15. The molecule has 1 atom stereocenters. The van der Waals surface area contributed by atoms with Crippen molar-refractivity contribution < 1.29 is 4.79 Å². The second kappa shape index (κ2) is 6.33. The number of aryl methyl sites for hydroxylation is 1. The molecule has 1 aromatic carbocycles. The van der Waals surface area contributed by atoms with Crippen molar-refractivity contribution in [3.8, 4) is 5.69 Å². The summed E-state index contributed by atoms with van der Waals surface area (Å²) in [6.07, 6.45) is 2.83. The van der Waals surface area contributed by atoms with Crippen LogP contribution in [0.1, 0.15) is 11.1 Å². The van der Waals surface area contributed by atoms with Crippen LogP contribution in [-0.2, 0) is 4.79 Å². The lowest BCUT2D eigenvalue weighted by Gasteiger charge is -2.23. The molecule has 24 heavy (non-hydrogen) atoms. The molecule has 6 nitrogen and oxygen atoms in total. The van der Waals surface area contributed by atoms with Gasteiger partial charge in [0, 0.05) is 23.5 Å². The van der Waals surface area contributed by atoms with Gasteiger partial charge in [-0.2, -0.15) is 0 Å². The molecule has 0 aliphatic carbocycles. The number of benzene rings is 1. The van der Waals surface area contributed by atoms with Crippen LogP contribution in [0.4, 0.5) is 11.5 Å². The smallest absolute Gasteiger partial charge is 0.256 e. The Hall–Kier alpha value is -2.86. The predicted molar refractivity (Wildman–Crippen MR) is 96.5 cm³/mol. The Kier molecular flexibility index (Phi) is 4.22. The average molecular weight is 343 g/mol. The zero-order valence-electron chi connectivity index (χ0n) is 12.9. The van der Waals surface area contributed by atoms with E-state index in [4.69, 9.17) is 11.6 Å². The van der Waals surface area contributed by atoms with E-state index in [0.29, 0.717) is 17.2 Å². The summed E-state index contributed by atoms with van der Waals surface area (Å²) in [5, 5.41) is 5.68. The first-order valence-corrected chi connectivity index (χ1v) is 7.67. The molecule has 0 saturated heterocycles. The van der Waals surface area contributed by atoms with Gasteiger partial charge in [0.15, 0.2) is 5.62 Å². The largest absolute Gasteiger partial charge is 0.336 e. The average Bonchev–Trinajstić information content (AvgIpc) is 2.54. The Morgan fingerprint density at radius 2 is 2.25 bits per heavy atom. The lowest BCUT2D eigenvalue weighted by molar-refractivity contribution is -0.111. The molecule has 0 saturated carbocycles. The third kappa shape index (κ3) is 2.96. The van der Waals surface area contributed by atoms with E-state index in [1.807, 2.05) is 6.92 Å². The molecule has 2 N–H and O–H groups in total. The molecule has 0 fully saturated rings. The van der Waals surface area contributed by atoms with Crippen LogP contribution in [0.5, 0.6) is 0 Å². The molecular formula is C17H15ClN4O2. The fourth-order valence-electron chi connectivity index (χ4n) is 2.51. The van der Waals surface area contributed by atoms with E-state index >= 15 is 0 Å². The van der Waals surface area contributed by atoms with Crippen molar-refractivity contribution in [2.45, 2.75) is 12.5 Å². The van der Waals surface area contributed by atoms with Crippen LogP contribution in [0.25, 0.3) is 5.69 Å². The Bertz CT molecular complexity index is 917. The molecule has 1 amide bonds. The third-order valence-electron chi connectivity index (χ3n) is 3.61. The number of pyridine rings is 1. The van der Waals surface area contributed by atoms with E-state index in [2.05, 4.69) is 22.2 Å². The van der Waals surface area contributed by atoms with Gasteiger partial charge < -0.3 is 10.6 Å². The first kappa shape index (κ1) is 16.0. The summed E-state index contributed by atoms with van der Waals surface area (Å²) in [4.78, 5) is 28.1. The fourth-order valence-corrected chi connectivity index (χ4v) is 2.67. The summed E-state index contributed by atoms with van der Waals surface area (Å²) in [7, 11) is 0. The SMILES string of the molecule is C=CC(=O)Nc1cccc(-n2c3c(c(C)cc2=O)C=NC(Cl)N3)c1. The summed E-state index contributed by atoms with van der Waals surface area (Å²) < 4.78 is 1.51.